The normalized spacial score (nSPS) is 11.2. The maximum absolute atomic E-state index is 10.4. The van der Waals surface area contributed by atoms with Crippen molar-refractivity contribution in [2.45, 2.75) is 0 Å². The predicted octanol–water partition coefficient (Wildman–Crippen LogP) is 8.45. The molecule has 1 radical (unpaired) electrons. The summed E-state index contributed by atoms with van der Waals surface area (Å²) < 4.78 is 0. The van der Waals surface area contributed by atoms with Gasteiger partial charge in [-0.3, -0.25) is 9.97 Å². The van der Waals surface area contributed by atoms with E-state index in [4.69, 9.17) is 0 Å². The molecule has 1 aliphatic rings. The first kappa shape index (κ1) is 27.4. The number of fused-ring (bicyclic) bond motifs is 8. The Kier molecular flexibility index (Phi) is 8.36. The summed E-state index contributed by atoms with van der Waals surface area (Å²) in [6.45, 7) is 0. The van der Waals surface area contributed by atoms with E-state index in [1.165, 1.54) is 0 Å². The SMILES string of the molecule is [N-]=C1C(=[N-])c2c(ccc3ccccc23)-c2ccccc21.[NH2-].[NH2-].[Rh].c1cnc2c(c1)ccc1cccnc12. The summed E-state index contributed by atoms with van der Waals surface area (Å²) in [6, 6.07) is 31.6. The van der Waals surface area contributed by atoms with Gasteiger partial charge in [0.2, 0.25) is 0 Å². The Bertz CT molecular complexity index is 1710. The molecule has 2 heterocycles. The minimum atomic E-state index is -0.0514. The molecule has 37 heavy (non-hydrogen) atoms. The smallest absolute Gasteiger partial charge is 0.0964 e. The molecule has 1 aliphatic carbocycles. The number of nitrogens with zero attached hydrogens (tertiary/aromatic N) is 4. The number of benzene rings is 4. The largest absolute Gasteiger partial charge is 0.804 e. The van der Waals surface area contributed by atoms with Crippen LogP contribution in [0.4, 0.5) is 0 Å². The van der Waals surface area contributed by atoms with E-state index >= 15 is 0 Å². The van der Waals surface area contributed by atoms with Crippen molar-refractivity contribution in [1.29, 1.82) is 0 Å². The quantitative estimate of drug-likeness (QED) is 0.134. The third kappa shape index (κ3) is 4.68. The minimum absolute atomic E-state index is 0. The van der Waals surface area contributed by atoms with Crippen molar-refractivity contribution in [2.24, 2.45) is 0 Å². The Morgan fingerprint density at radius 1 is 0.459 bits per heavy atom. The van der Waals surface area contributed by atoms with Crippen molar-refractivity contribution in [2.75, 3.05) is 0 Å². The summed E-state index contributed by atoms with van der Waals surface area (Å²) in [5, 5.41) is 24.9. The summed E-state index contributed by atoms with van der Waals surface area (Å²) in [5.41, 5.74) is 5.14. The Hall–Kier alpha value is -4.16. The van der Waals surface area contributed by atoms with Crippen LogP contribution in [0.5, 0.6) is 0 Å². The van der Waals surface area contributed by atoms with Gasteiger partial charge in [0.05, 0.1) is 11.0 Å². The monoisotopic (exact) mass is 569 g/mol. The topological polar surface area (TPSA) is 137 Å². The van der Waals surface area contributed by atoms with Crippen molar-refractivity contribution in [3.05, 3.63) is 144 Å². The van der Waals surface area contributed by atoms with Gasteiger partial charge in [-0.25, -0.2) is 0 Å². The Labute approximate surface area is 227 Å². The second kappa shape index (κ2) is 11.3. The first-order chi connectivity index (χ1) is 16.7. The van der Waals surface area contributed by atoms with Gasteiger partial charge >= 0.3 is 0 Å². The van der Waals surface area contributed by atoms with Gasteiger partial charge in [0, 0.05) is 42.6 Å². The zero-order valence-electron chi connectivity index (χ0n) is 19.7. The molecule has 4 aromatic carbocycles. The Morgan fingerprint density at radius 2 is 0.973 bits per heavy atom. The fourth-order valence-electron chi connectivity index (χ4n) is 4.60. The second-order valence-electron chi connectivity index (χ2n) is 8.17. The molecule has 6 aromatic rings. The summed E-state index contributed by atoms with van der Waals surface area (Å²) in [7, 11) is 0. The number of hydrogen-bond donors (Lipinski definition) is 0. The Morgan fingerprint density at radius 3 is 1.62 bits per heavy atom. The molecule has 2 aromatic heterocycles. The molecule has 0 amide bonds. The number of aromatic nitrogens is 2. The maximum atomic E-state index is 10.4. The van der Waals surface area contributed by atoms with Gasteiger partial charge in [-0.15, -0.1) is 0 Å². The van der Waals surface area contributed by atoms with Gasteiger partial charge in [0.1, 0.15) is 0 Å². The van der Waals surface area contributed by atoms with E-state index in [1.54, 1.807) is 12.4 Å². The average Bonchev–Trinajstić information content (AvgIpc) is 2.91. The summed E-state index contributed by atoms with van der Waals surface area (Å²) in [4.78, 5) is 8.69. The molecule has 0 saturated heterocycles. The zero-order valence-corrected chi connectivity index (χ0v) is 21.3. The molecule has 7 rings (SSSR count). The Balaban J connectivity index is 0.000000200. The van der Waals surface area contributed by atoms with Crippen LogP contribution in [0.1, 0.15) is 11.1 Å². The van der Waals surface area contributed by atoms with Gasteiger partial charge in [-0.1, -0.05) is 84.9 Å². The molecular weight excluding hydrogens is 547 g/mol. The number of rotatable bonds is 0. The molecule has 6 nitrogen and oxygen atoms in total. The molecule has 0 atom stereocenters. The summed E-state index contributed by atoms with van der Waals surface area (Å²) >= 11 is 0. The van der Waals surface area contributed by atoms with Crippen LogP contribution in [0.2, 0.25) is 0 Å². The van der Waals surface area contributed by atoms with Gasteiger partial charge in [0.25, 0.3) is 0 Å². The van der Waals surface area contributed by atoms with Crippen LogP contribution in [0.15, 0.2) is 109 Å². The van der Waals surface area contributed by atoms with Crippen molar-refractivity contribution in [1.82, 2.24) is 9.97 Å². The van der Waals surface area contributed by atoms with Crippen LogP contribution < -0.4 is 0 Å². The summed E-state index contributed by atoms with van der Waals surface area (Å²) in [5.74, 6) is 0. The zero-order chi connectivity index (χ0) is 23.1. The molecule has 185 valence electrons. The average molecular weight is 569 g/mol. The third-order valence-electron chi connectivity index (χ3n) is 6.21. The van der Waals surface area contributed by atoms with Gasteiger partial charge in [-0.2, -0.15) is 11.4 Å². The summed E-state index contributed by atoms with van der Waals surface area (Å²) in [6.07, 6.45) is 3.60. The van der Waals surface area contributed by atoms with Crippen molar-refractivity contribution >= 4 is 44.0 Å². The first-order valence-electron chi connectivity index (χ1n) is 11.0. The number of hydrogen-bond acceptors (Lipinski definition) is 2. The number of nitrogens with two attached hydrogens (primary N) is 2. The molecule has 0 aliphatic heterocycles. The fraction of sp³-hybridized carbons (Fsp3) is 0. The molecule has 0 fully saturated rings. The minimum Gasteiger partial charge on any atom is -0.804 e. The molecular formula is C30H22N6Rh-4. The standard InChI is InChI=1S/C18H10N2.C12H8N2.2H2N.Rh/c19-17-15-8-4-3-7-13(15)14-10-9-11-5-1-2-6-12(11)16(14)18(17)20;1-3-9-5-6-10-4-2-8-14-12(10)11(9)13-7-1;;;/h1-10H;1-8H;2*1H2;/q-2;;2*-1;. The van der Waals surface area contributed by atoms with E-state index in [0.717, 1.165) is 43.7 Å². The molecule has 0 spiro atoms. The van der Waals surface area contributed by atoms with Crippen LogP contribution in [-0.4, -0.2) is 21.4 Å². The van der Waals surface area contributed by atoms with Crippen molar-refractivity contribution < 1.29 is 19.5 Å². The molecule has 0 bridgehead atoms. The number of pyridine rings is 2. The predicted molar refractivity (Wildman–Crippen MR) is 152 cm³/mol. The molecule has 0 saturated carbocycles. The fourth-order valence-corrected chi connectivity index (χ4v) is 4.60. The van der Waals surface area contributed by atoms with Crippen LogP contribution in [-0.2, 0) is 19.5 Å². The maximum Gasteiger partial charge on any atom is 0.0964 e. The molecule has 0 unspecified atom stereocenters. The molecule has 7 heteroatoms. The van der Waals surface area contributed by atoms with E-state index in [1.807, 2.05) is 72.8 Å². The van der Waals surface area contributed by atoms with Crippen LogP contribution >= 0.6 is 0 Å². The van der Waals surface area contributed by atoms with E-state index in [0.29, 0.717) is 11.1 Å². The van der Waals surface area contributed by atoms with Crippen LogP contribution in [0.25, 0.3) is 66.8 Å². The third-order valence-corrected chi connectivity index (χ3v) is 6.21. The van der Waals surface area contributed by atoms with Gasteiger partial charge < -0.3 is 23.1 Å². The van der Waals surface area contributed by atoms with Gasteiger partial charge in [-0.05, 0) is 45.2 Å². The van der Waals surface area contributed by atoms with Crippen molar-refractivity contribution in [3.8, 4) is 11.1 Å². The van der Waals surface area contributed by atoms with Gasteiger partial charge in [0.15, 0.2) is 0 Å². The van der Waals surface area contributed by atoms with Crippen LogP contribution in [0, 0.1) is 0 Å². The van der Waals surface area contributed by atoms with E-state index in [9.17, 15) is 10.8 Å². The van der Waals surface area contributed by atoms with Crippen LogP contribution in [0.3, 0.4) is 0 Å². The van der Waals surface area contributed by atoms with E-state index < -0.39 is 0 Å². The first-order valence-corrected chi connectivity index (χ1v) is 11.0. The second-order valence-corrected chi connectivity index (χ2v) is 8.17. The molecule has 4 N–H and O–H groups in total. The van der Waals surface area contributed by atoms with Crippen molar-refractivity contribution in [3.63, 3.8) is 0 Å². The van der Waals surface area contributed by atoms with E-state index in [-0.39, 0.29) is 43.2 Å². The van der Waals surface area contributed by atoms with E-state index in [2.05, 4.69) is 34.2 Å².